The zero-order valence-corrected chi connectivity index (χ0v) is 8.18. The minimum absolute atomic E-state index is 0.555. The number of nitrogens with one attached hydrogen (secondary N) is 1. The maximum absolute atomic E-state index is 10.1. The Morgan fingerprint density at radius 3 is 2.92 bits per heavy atom. The molecule has 0 atom stereocenters. The Morgan fingerprint density at radius 1 is 1.54 bits per heavy atom. The highest BCUT2D eigenvalue weighted by molar-refractivity contribution is 6.99. The first kappa shape index (κ1) is 9.05. The maximum atomic E-state index is 10.1. The van der Waals surface area contributed by atoms with Crippen LogP contribution in [-0.4, -0.2) is 32.5 Å². The number of rotatable bonds is 2. The smallest absolute Gasteiger partial charge is 0.0771 e. The Kier molecular flexibility index (Phi) is 2.57. The summed E-state index contributed by atoms with van der Waals surface area (Å²) in [5, 5.41) is 13.4. The number of nitrogens with zero attached hydrogens (tertiary/aromatic N) is 2. The van der Waals surface area contributed by atoms with E-state index in [0.29, 0.717) is 6.42 Å². The molecule has 0 spiro atoms. The fourth-order valence-electron chi connectivity index (χ4n) is 1.67. The highest BCUT2D eigenvalue weighted by Gasteiger charge is 2.29. The number of aromatic nitrogens is 2. The molecule has 2 heterocycles. The van der Waals surface area contributed by atoms with Crippen LogP contribution in [0.2, 0.25) is 0 Å². The summed E-state index contributed by atoms with van der Waals surface area (Å²) < 4.78 is 8.03. The molecule has 0 aromatic carbocycles. The summed E-state index contributed by atoms with van der Waals surface area (Å²) >= 11 is 1.20. The van der Waals surface area contributed by atoms with Crippen LogP contribution in [0.25, 0.3) is 0 Å². The van der Waals surface area contributed by atoms with E-state index in [1.54, 1.807) is 6.20 Å². The molecule has 1 fully saturated rings. The van der Waals surface area contributed by atoms with Crippen LogP contribution in [0.3, 0.4) is 0 Å². The number of hydrogen-bond donors (Lipinski definition) is 2. The molecule has 0 amide bonds. The number of piperidine rings is 1. The van der Waals surface area contributed by atoms with Crippen LogP contribution >= 0.6 is 11.7 Å². The van der Waals surface area contributed by atoms with Gasteiger partial charge in [0.05, 0.1) is 29.2 Å². The van der Waals surface area contributed by atoms with Gasteiger partial charge in [-0.1, -0.05) is 0 Å². The Labute approximate surface area is 81.3 Å². The van der Waals surface area contributed by atoms with Gasteiger partial charge < -0.3 is 10.4 Å². The lowest BCUT2D eigenvalue weighted by molar-refractivity contribution is 0.0102. The number of aliphatic hydroxyl groups is 1. The van der Waals surface area contributed by atoms with Gasteiger partial charge in [-0.2, -0.15) is 8.75 Å². The molecule has 0 radical (unpaired) electrons. The van der Waals surface area contributed by atoms with Crippen molar-refractivity contribution in [3.8, 4) is 0 Å². The van der Waals surface area contributed by atoms with Crippen molar-refractivity contribution in [3.63, 3.8) is 0 Å². The van der Waals surface area contributed by atoms with Crippen molar-refractivity contribution in [1.29, 1.82) is 0 Å². The normalized spacial score (nSPS) is 21.6. The van der Waals surface area contributed by atoms with Gasteiger partial charge in [0.25, 0.3) is 0 Å². The Hall–Kier alpha value is -0.520. The van der Waals surface area contributed by atoms with Gasteiger partial charge in [-0.25, -0.2) is 0 Å². The standard InChI is InChI=1S/C8H13N3OS/c12-8(1-3-9-4-2-8)5-7-6-10-13-11-7/h6,9,12H,1-5H2. The summed E-state index contributed by atoms with van der Waals surface area (Å²) in [6.45, 7) is 1.79. The molecule has 0 aliphatic carbocycles. The van der Waals surface area contributed by atoms with Crippen LogP contribution in [0.5, 0.6) is 0 Å². The van der Waals surface area contributed by atoms with Gasteiger partial charge in [0.1, 0.15) is 0 Å². The molecule has 13 heavy (non-hydrogen) atoms. The van der Waals surface area contributed by atoms with E-state index in [1.807, 2.05) is 0 Å². The van der Waals surface area contributed by atoms with E-state index in [4.69, 9.17) is 0 Å². The van der Waals surface area contributed by atoms with Crippen molar-refractivity contribution in [2.45, 2.75) is 24.9 Å². The third-order valence-corrected chi connectivity index (χ3v) is 2.97. The molecular weight excluding hydrogens is 186 g/mol. The van der Waals surface area contributed by atoms with Gasteiger partial charge in [-0.3, -0.25) is 0 Å². The highest BCUT2D eigenvalue weighted by atomic mass is 32.1. The lowest BCUT2D eigenvalue weighted by atomic mass is 9.88. The molecule has 1 aromatic rings. The van der Waals surface area contributed by atoms with E-state index < -0.39 is 5.60 Å². The molecule has 0 unspecified atom stereocenters. The van der Waals surface area contributed by atoms with Crippen molar-refractivity contribution in [1.82, 2.24) is 14.1 Å². The molecule has 1 aromatic heterocycles. The molecule has 5 heteroatoms. The van der Waals surface area contributed by atoms with Crippen LogP contribution in [0.15, 0.2) is 6.20 Å². The third-order valence-electron chi connectivity index (χ3n) is 2.45. The van der Waals surface area contributed by atoms with Crippen LogP contribution in [-0.2, 0) is 6.42 Å². The SMILES string of the molecule is OC1(Cc2cnsn2)CCNCC1. The summed E-state index contributed by atoms with van der Waals surface area (Å²) in [5.41, 5.74) is 0.357. The third kappa shape index (κ3) is 2.24. The van der Waals surface area contributed by atoms with E-state index in [9.17, 15) is 5.11 Å². The van der Waals surface area contributed by atoms with Gasteiger partial charge in [0.2, 0.25) is 0 Å². The van der Waals surface area contributed by atoms with Crippen LogP contribution in [0.1, 0.15) is 18.5 Å². The molecular formula is C8H13N3OS. The molecule has 1 saturated heterocycles. The highest BCUT2D eigenvalue weighted by Crippen LogP contribution is 2.22. The van der Waals surface area contributed by atoms with Gasteiger partial charge in [-0.15, -0.1) is 0 Å². The van der Waals surface area contributed by atoms with Gasteiger partial charge >= 0.3 is 0 Å². The van der Waals surface area contributed by atoms with Crippen molar-refractivity contribution in [3.05, 3.63) is 11.9 Å². The first-order chi connectivity index (χ1) is 6.29. The van der Waals surface area contributed by atoms with E-state index in [2.05, 4.69) is 14.1 Å². The Bertz CT molecular complexity index is 256. The average molecular weight is 199 g/mol. The topological polar surface area (TPSA) is 58.0 Å². The van der Waals surface area contributed by atoms with Crippen LogP contribution < -0.4 is 5.32 Å². The largest absolute Gasteiger partial charge is 0.389 e. The molecule has 1 aliphatic heterocycles. The van der Waals surface area contributed by atoms with Crippen molar-refractivity contribution >= 4 is 11.7 Å². The number of hydrogen-bond acceptors (Lipinski definition) is 5. The van der Waals surface area contributed by atoms with Crippen molar-refractivity contribution in [2.75, 3.05) is 13.1 Å². The van der Waals surface area contributed by atoms with Crippen LogP contribution in [0.4, 0.5) is 0 Å². The molecule has 4 nitrogen and oxygen atoms in total. The van der Waals surface area contributed by atoms with E-state index >= 15 is 0 Å². The summed E-state index contributed by atoms with van der Waals surface area (Å²) in [4.78, 5) is 0. The lowest BCUT2D eigenvalue weighted by Gasteiger charge is -2.31. The maximum Gasteiger partial charge on any atom is 0.0771 e. The zero-order valence-electron chi connectivity index (χ0n) is 7.36. The van der Waals surface area contributed by atoms with Gasteiger partial charge in [-0.05, 0) is 25.9 Å². The molecule has 2 N–H and O–H groups in total. The predicted octanol–water partition coefficient (Wildman–Crippen LogP) is 0.195. The summed E-state index contributed by atoms with van der Waals surface area (Å²) in [6.07, 6.45) is 4.00. The zero-order chi connectivity index (χ0) is 9.15. The predicted molar refractivity (Wildman–Crippen MR) is 50.7 cm³/mol. The molecule has 2 rings (SSSR count). The van der Waals surface area contributed by atoms with E-state index in [0.717, 1.165) is 31.6 Å². The molecule has 1 aliphatic rings. The summed E-state index contributed by atoms with van der Waals surface area (Å²) in [7, 11) is 0. The second-order valence-electron chi connectivity index (χ2n) is 3.55. The minimum Gasteiger partial charge on any atom is -0.389 e. The first-order valence-corrected chi connectivity index (χ1v) is 5.21. The molecule has 0 bridgehead atoms. The summed E-state index contributed by atoms with van der Waals surface area (Å²) in [5.74, 6) is 0. The average Bonchev–Trinajstić information content (AvgIpc) is 2.57. The van der Waals surface area contributed by atoms with E-state index in [1.165, 1.54) is 11.7 Å². The molecule has 72 valence electrons. The van der Waals surface area contributed by atoms with Crippen LogP contribution in [0, 0.1) is 0 Å². The Balaban J connectivity index is 1.99. The molecule has 0 saturated carbocycles. The second-order valence-corrected chi connectivity index (χ2v) is 4.11. The summed E-state index contributed by atoms with van der Waals surface area (Å²) in [6, 6.07) is 0. The van der Waals surface area contributed by atoms with Gasteiger partial charge in [0.15, 0.2) is 0 Å². The fourth-order valence-corrected chi connectivity index (χ4v) is 2.10. The monoisotopic (exact) mass is 199 g/mol. The fraction of sp³-hybridized carbons (Fsp3) is 0.750. The lowest BCUT2D eigenvalue weighted by Crippen LogP contribution is -2.43. The minimum atomic E-state index is -0.555. The van der Waals surface area contributed by atoms with Crippen molar-refractivity contribution in [2.24, 2.45) is 0 Å². The van der Waals surface area contributed by atoms with E-state index in [-0.39, 0.29) is 0 Å². The quantitative estimate of drug-likeness (QED) is 0.714. The second kappa shape index (κ2) is 3.69. The Morgan fingerprint density at radius 2 is 2.31 bits per heavy atom. The van der Waals surface area contributed by atoms with Gasteiger partial charge in [0, 0.05) is 6.42 Å². The first-order valence-electron chi connectivity index (χ1n) is 4.48. The van der Waals surface area contributed by atoms with Crippen molar-refractivity contribution < 1.29 is 5.11 Å².